The second-order valence-electron chi connectivity index (χ2n) is 4.43. The first-order chi connectivity index (χ1) is 5.86. The van der Waals surface area contributed by atoms with Crippen LogP contribution >= 0.6 is 0 Å². The van der Waals surface area contributed by atoms with E-state index in [2.05, 4.69) is 17.8 Å². The Kier molecular flexibility index (Phi) is 2.66. The molecule has 0 bridgehead atoms. The second-order valence-corrected chi connectivity index (χ2v) is 4.43. The van der Waals surface area contributed by atoms with Crippen LogP contribution in [0.2, 0.25) is 0 Å². The molecule has 2 rings (SSSR count). The summed E-state index contributed by atoms with van der Waals surface area (Å²) in [6.07, 6.45) is 7.17. The molecule has 2 aliphatic carbocycles. The molecule has 0 aromatic rings. The van der Waals surface area contributed by atoms with Gasteiger partial charge in [-0.1, -0.05) is 12.8 Å². The van der Waals surface area contributed by atoms with Crippen LogP contribution < -0.4 is 10.9 Å². The molecule has 0 saturated heterocycles. The Morgan fingerprint density at radius 3 is 2.58 bits per heavy atom. The molecule has 1 unspecified atom stereocenters. The van der Waals surface area contributed by atoms with E-state index in [0.29, 0.717) is 6.04 Å². The van der Waals surface area contributed by atoms with Crippen LogP contribution in [0.5, 0.6) is 0 Å². The van der Waals surface area contributed by atoms with Gasteiger partial charge in [0.1, 0.15) is 0 Å². The van der Waals surface area contributed by atoms with Gasteiger partial charge in [0.2, 0.25) is 0 Å². The van der Waals surface area contributed by atoms with E-state index < -0.39 is 0 Å². The van der Waals surface area contributed by atoms with E-state index in [1.165, 1.54) is 32.1 Å². The fourth-order valence-electron chi connectivity index (χ4n) is 1.63. The smallest absolute Gasteiger partial charge is 0.0212 e. The summed E-state index contributed by atoms with van der Waals surface area (Å²) in [7, 11) is 0. The SMILES string of the molecule is CC(NNCCC1CC1)C1CC1. The van der Waals surface area contributed by atoms with Crippen LogP contribution in [-0.2, 0) is 0 Å². The Hall–Kier alpha value is -0.0800. The average molecular weight is 168 g/mol. The van der Waals surface area contributed by atoms with E-state index in [9.17, 15) is 0 Å². The molecule has 2 N–H and O–H groups in total. The maximum atomic E-state index is 3.38. The van der Waals surface area contributed by atoms with E-state index in [0.717, 1.165) is 18.4 Å². The zero-order valence-electron chi connectivity index (χ0n) is 7.97. The molecule has 70 valence electrons. The van der Waals surface area contributed by atoms with E-state index in [1.54, 1.807) is 0 Å². The standard InChI is InChI=1S/C10H20N2/c1-8(10-4-5-10)12-11-7-6-9-2-3-9/h8-12H,2-7H2,1H3. The van der Waals surface area contributed by atoms with Gasteiger partial charge in [-0.3, -0.25) is 10.9 Å². The lowest BCUT2D eigenvalue weighted by Crippen LogP contribution is -2.40. The van der Waals surface area contributed by atoms with Gasteiger partial charge in [0, 0.05) is 12.6 Å². The van der Waals surface area contributed by atoms with Crippen molar-refractivity contribution in [2.45, 2.75) is 45.1 Å². The van der Waals surface area contributed by atoms with Gasteiger partial charge in [-0.2, -0.15) is 0 Å². The molecular weight excluding hydrogens is 148 g/mol. The third-order valence-corrected chi connectivity index (χ3v) is 3.03. The molecule has 2 nitrogen and oxygen atoms in total. The van der Waals surface area contributed by atoms with E-state index >= 15 is 0 Å². The van der Waals surface area contributed by atoms with Gasteiger partial charge in [-0.25, -0.2) is 0 Å². The minimum Gasteiger partial charge on any atom is -0.258 e. The molecule has 2 saturated carbocycles. The van der Waals surface area contributed by atoms with E-state index in [-0.39, 0.29) is 0 Å². The lowest BCUT2D eigenvalue weighted by atomic mass is 10.2. The number of hydrazine groups is 1. The molecule has 2 fully saturated rings. The van der Waals surface area contributed by atoms with Crippen LogP contribution in [0.25, 0.3) is 0 Å². The maximum absolute atomic E-state index is 3.38. The number of rotatable bonds is 6. The highest BCUT2D eigenvalue weighted by atomic mass is 15.4. The monoisotopic (exact) mass is 168 g/mol. The molecular formula is C10H20N2. The third kappa shape index (κ3) is 2.76. The maximum Gasteiger partial charge on any atom is 0.0212 e. The van der Waals surface area contributed by atoms with Crippen molar-refractivity contribution in [2.24, 2.45) is 11.8 Å². The Balaban J connectivity index is 1.44. The molecule has 12 heavy (non-hydrogen) atoms. The van der Waals surface area contributed by atoms with Crippen molar-refractivity contribution < 1.29 is 0 Å². The highest BCUT2D eigenvalue weighted by Gasteiger charge is 2.27. The summed E-state index contributed by atoms with van der Waals surface area (Å²) in [4.78, 5) is 0. The van der Waals surface area contributed by atoms with Crippen molar-refractivity contribution in [1.82, 2.24) is 10.9 Å². The fourth-order valence-corrected chi connectivity index (χ4v) is 1.63. The van der Waals surface area contributed by atoms with Gasteiger partial charge in [0.05, 0.1) is 0 Å². The molecule has 0 heterocycles. The average Bonchev–Trinajstić information content (AvgIpc) is 2.85. The largest absolute Gasteiger partial charge is 0.258 e. The summed E-state index contributed by atoms with van der Waals surface area (Å²) in [5.74, 6) is 2.01. The summed E-state index contributed by atoms with van der Waals surface area (Å²) in [6, 6.07) is 0.684. The highest BCUT2D eigenvalue weighted by Crippen LogP contribution is 2.32. The number of nitrogens with one attached hydrogen (secondary N) is 2. The fraction of sp³-hybridized carbons (Fsp3) is 1.00. The van der Waals surface area contributed by atoms with Crippen molar-refractivity contribution in [1.29, 1.82) is 0 Å². The number of hydrogen-bond donors (Lipinski definition) is 2. The summed E-state index contributed by atoms with van der Waals surface area (Å²) in [6.45, 7) is 3.43. The predicted octanol–water partition coefficient (Wildman–Crippen LogP) is 1.68. The van der Waals surface area contributed by atoms with Crippen molar-refractivity contribution in [2.75, 3.05) is 6.54 Å². The molecule has 0 aromatic carbocycles. The van der Waals surface area contributed by atoms with Crippen LogP contribution in [0.3, 0.4) is 0 Å². The number of hydrogen-bond acceptors (Lipinski definition) is 2. The zero-order valence-corrected chi connectivity index (χ0v) is 7.97. The molecule has 0 radical (unpaired) electrons. The molecule has 0 amide bonds. The topological polar surface area (TPSA) is 24.1 Å². The van der Waals surface area contributed by atoms with Crippen molar-refractivity contribution >= 4 is 0 Å². The quantitative estimate of drug-likeness (QED) is 0.466. The van der Waals surface area contributed by atoms with E-state index in [4.69, 9.17) is 0 Å². The Morgan fingerprint density at radius 2 is 2.00 bits per heavy atom. The summed E-state index contributed by atoms with van der Waals surface area (Å²) in [5.41, 5.74) is 6.71. The highest BCUT2D eigenvalue weighted by molar-refractivity contribution is 4.82. The Bertz CT molecular complexity index is 139. The van der Waals surface area contributed by atoms with Crippen LogP contribution in [-0.4, -0.2) is 12.6 Å². The van der Waals surface area contributed by atoms with Gasteiger partial charge in [-0.15, -0.1) is 0 Å². The third-order valence-electron chi connectivity index (χ3n) is 3.03. The Labute approximate surface area is 75.1 Å². The summed E-state index contributed by atoms with van der Waals surface area (Å²) in [5, 5.41) is 0. The van der Waals surface area contributed by atoms with Gasteiger partial charge in [0.25, 0.3) is 0 Å². The van der Waals surface area contributed by atoms with E-state index in [1.807, 2.05) is 0 Å². The first-order valence-electron chi connectivity index (χ1n) is 5.34. The molecule has 0 aliphatic heterocycles. The summed E-state index contributed by atoms with van der Waals surface area (Å²) >= 11 is 0. The van der Waals surface area contributed by atoms with Crippen molar-refractivity contribution in [3.63, 3.8) is 0 Å². The molecule has 2 heteroatoms. The lowest BCUT2D eigenvalue weighted by Gasteiger charge is -2.13. The second kappa shape index (κ2) is 3.75. The van der Waals surface area contributed by atoms with Crippen molar-refractivity contribution in [3.05, 3.63) is 0 Å². The van der Waals surface area contributed by atoms with Crippen molar-refractivity contribution in [3.8, 4) is 0 Å². The molecule has 2 aliphatic rings. The summed E-state index contributed by atoms with van der Waals surface area (Å²) < 4.78 is 0. The van der Waals surface area contributed by atoms with Crippen LogP contribution in [0.15, 0.2) is 0 Å². The van der Waals surface area contributed by atoms with Crippen LogP contribution in [0.4, 0.5) is 0 Å². The van der Waals surface area contributed by atoms with Gasteiger partial charge < -0.3 is 0 Å². The normalized spacial score (nSPS) is 25.8. The lowest BCUT2D eigenvalue weighted by molar-refractivity contribution is 0.409. The van der Waals surface area contributed by atoms with Crippen LogP contribution in [0.1, 0.15) is 39.0 Å². The first kappa shape index (κ1) is 8.52. The van der Waals surface area contributed by atoms with Crippen LogP contribution in [0, 0.1) is 11.8 Å². The van der Waals surface area contributed by atoms with Gasteiger partial charge in [0.15, 0.2) is 0 Å². The first-order valence-corrected chi connectivity index (χ1v) is 5.34. The van der Waals surface area contributed by atoms with Gasteiger partial charge in [-0.05, 0) is 38.0 Å². The molecule has 0 spiro atoms. The Morgan fingerprint density at radius 1 is 1.25 bits per heavy atom. The molecule has 0 aromatic heterocycles. The predicted molar refractivity (Wildman–Crippen MR) is 50.7 cm³/mol. The minimum absolute atomic E-state index is 0.684. The molecule has 1 atom stereocenters. The van der Waals surface area contributed by atoms with Gasteiger partial charge >= 0.3 is 0 Å². The zero-order chi connectivity index (χ0) is 8.39. The minimum atomic E-state index is 0.684.